The minimum atomic E-state index is -0.0524. The minimum Gasteiger partial charge on any atom is -0.261 e. The molecule has 1 saturated heterocycles. The maximum absolute atomic E-state index is 12.4. The lowest BCUT2D eigenvalue weighted by molar-refractivity contribution is 0.268. The molecule has 1 aliphatic heterocycles. The van der Waals surface area contributed by atoms with Crippen LogP contribution < -0.4 is 4.90 Å². The van der Waals surface area contributed by atoms with Crippen molar-refractivity contribution in [1.29, 1.82) is 0 Å². The summed E-state index contributed by atoms with van der Waals surface area (Å²) in [6.45, 7) is 4.04. The maximum atomic E-state index is 12.4. The second-order valence-electron chi connectivity index (χ2n) is 5.41. The number of amides is 1. The van der Waals surface area contributed by atoms with Gasteiger partial charge < -0.3 is 0 Å². The van der Waals surface area contributed by atoms with Crippen LogP contribution in [0.1, 0.15) is 16.7 Å². The van der Waals surface area contributed by atoms with Gasteiger partial charge in [0.15, 0.2) is 0 Å². The molecule has 2 nitrogen and oxygen atoms in total. The van der Waals surface area contributed by atoms with Crippen molar-refractivity contribution in [3.8, 4) is 0 Å². The molecule has 23 heavy (non-hydrogen) atoms. The minimum absolute atomic E-state index is 0.0524. The van der Waals surface area contributed by atoms with E-state index in [1.54, 1.807) is 4.90 Å². The fraction of sp³-hybridized carbons (Fsp3) is 0.111. The van der Waals surface area contributed by atoms with Gasteiger partial charge >= 0.3 is 0 Å². The fourth-order valence-corrected chi connectivity index (χ4v) is 4.02. The van der Waals surface area contributed by atoms with E-state index >= 15 is 0 Å². The van der Waals surface area contributed by atoms with Gasteiger partial charge in [-0.05, 0) is 72.6 Å². The van der Waals surface area contributed by atoms with Gasteiger partial charge in [-0.2, -0.15) is 0 Å². The summed E-state index contributed by atoms with van der Waals surface area (Å²) in [6.07, 6.45) is 1.96. The lowest BCUT2D eigenvalue weighted by Gasteiger charge is -2.16. The van der Waals surface area contributed by atoms with Gasteiger partial charge in [0.05, 0.1) is 10.6 Å². The van der Waals surface area contributed by atoms with E-state index in [4.69, 9.17) is 12.2 Å². The molecule has 0 aromatic heterocycles. The SMILES string of the molecule is Cc1cc(C)cc(N2C(=O)S/C(=C\c3ccc(Br)cc3)C2=S)c1. The molecule has 0 unspecified atom stereocenters. The monoisotopic (exact) mass is 403 g/mol. The molecular formula is C18H14BrNOS2. The Bertz CT molecular complexity index is 807. The molecule has 1 aliphatic rings. The number of benzene rings is 2. The summed E-state index contributed by atoms with van der Waals surface area (Å²) in [4.78, 5) is 15.4. The van der Waals surface area contributed by atoms with E-state index in [9.17, 15) is 4.79 Å². The third-order valence-electron chi connectivity index (χ3n) is 3.43. The Labute approximate surface area is 153 Å². The van der Waals surface area contributed by atoms with E-state index in [-0.39, 0.29) is 5.24 Å². The van der Waals surface area contributed by atoms with Crippen molar-refractivity contribution >= 4 is 61.9 Å². The number of halogens is 1. The van der Waals surface area contributed by atoms with E-state index in [1.807, 2.05) is 56.3 Å². The number of carbonyl (C=O) groups excluding carboxylic acids is 1. The van der Waals surface area contributed by atoms with Crippen molar-refractivity contribution in [3.63, 3.8) is 0 Å². The number of thiocarbonyl (C=S) groups is 1. The Morgan fingerprint density at radius 2 is 1.70 bits per heavy atom. The number of nitrogens with zero attached hydrogens (tertiary/aromatic N) is 1. The third-order valence-corrected chi connectivity index (χ3v) is 5.37. The Kier molecular flexibility index (Phi) is 4.71. The number of hydrogen-bond donors (Lipinski definition) is 0. The van der Waals surface area contributed by atoms with Crippen LogP contribution in [0.25, 0.3) is 6.08 Å². The highest BCUT2D eigenvalue weighted by molar-refractivity contribution is 9.10. The van der Waals surface area contributed by atoms with E-state index in [2.05, 4.69) is 22.0 Å². The Morgan fingerprint density at radius 1 is 1.09 bits per heavy atom. The smallest absolute Gasteiger partial charge is 0.261 e. The molecule has 0 bridgehead atoms. The van der Waals surface area contributed by atoms with Crippen molar-refractivity contribution in [2.75, 3.05) is 4.90 Å². The van der Waals surface area contributed by atoms with Gasteiger partial charge in [-0.1, -0.05) is 46.3 Å². The average molecular weight is 404 g/mol. The van der Waals surface area contributed by atoms with Gasteiger partial charge in [0.1, 0.15) is 4.99 Å². The largest absolute Gasteiger partial charge is 0.296 e. The first-order valence-corrected chi connectivity index (χ1v) is 9.07. The van der Waals surface area contributed by atoms with Crippen LogP contribution in [0.3, 0.4) is 0 Å². The highest BCUT2D eigenvalue weighted by atomic mass is 79.9. The van der Waals surface area contributed by atoms with Gasteiger partial charge in [0, 0.05) is 4.47 Å². The van der Waals surface area contributed by atoms with Gasteiger partial charge in [0.2, 0.25) is 0 Å². The van der Waals surface area contributed by atoms with Crippen LogP contribution in [0.2, 0.25) is 0 Å². The van der Waals surface area contributed by atoms with Crippen LogP contribution in [-0.2, 0) is 0 Å². The Balaban J connectivity index is 1.95. The molecule has 1 fully saturated rings. The predicted octanol–water partition coefficient (Wildman–Crippen LogP) is 6.11. The second kappa shape index (κ2) is 6.59. The van der Waals surface area contributed by atoms with E-state index in [1.165, 1.54) is 11.8 Å². The zero-order valence-electron chi connectivity index (χ0n) is 12.7. The first-order chi connectivity index (χ1) is 10.9. The molecule has 116 valence electrons. The van der Waals surface area contributed by atoms with Crippen molar-refractivity contribution in [2.24, 2.45) is 0 Å². The third kappa shape index (κ3) is 3.57. The fourth-order valence-electron chi connectivity index (χ4n) is 2.48. The summed E-state index contributed by atoms with van der Waals surface area (Å²) < 4.78 is 1.02. The normalized spacial score (nSPS) is 16.5. The first-order valence-electron chi connectivity index (χ1n) is 7.06. The molecule has 3 rings (SSSR count). The van der Waals surface area contributed by atoms with Crippen LogP contribution in [0.5, 0.6) is 0 Å². The molecule has 2 aromatic rings. The van der Waals surface area contributed by atoms with Crippen LogP contribution >= 0.6 is 39.9 Å². The van der Waals surface area contributed by atoms with Crippen molar-refractivity contribution in [2.45, 2.75) is 13.8 Å². The predicted molar refractivity (Wildman–Crippen MR) is 106 cm³/mol. The molecule has 0 radical (unpaired) electrons. The van der Waals surface area contributed by atoms with Crippen LogP contribution in [0.4, 0.5) is 10.5 Å². The molecule has 0 saturated carbocycles. The lowest BCUT2D eigenvalue weighted by Crippen LogP contribution is -2.26. The summed E-state index contributed by atoms with van der Waals surface area (Å²) in [5.74, 6) is 0. The molecule has 0 spiro atoms. The van der Waals surface area contributed by atoms with Gasteiger partial charge in [-0.3, -0.25) is 9.69 Å². The van der Waals surface area contributed by atoms with E-state index in [0.29, 0.717) is 4.99 Å². The number of carbonyl (C=O) groups is 1. The molecule has 2 aromatic carbocycles. The molecule has 0 N–H and O–H groups in total. The van der Waals surface area contributed by atoms with Gasteiger partial charge in [0.25, 0.3) is 5.24 Å². The molecule has 0 atom stereocenters. The quantitative estimate of drug-likeness (QED) is 0.445. The molecule has 0 aliphatic carbocycles. The molecule has 5 heteroatoms. The first kappa shape index (κ1) is 16.4. The highest BCUT2D eigenvalue weighted by Gasteiger charge is 2.33. The zero-order valence-corrected chi connectivity index (χ0v) is 15.9. The Hall–Kier alpha value is -1.43. The number of hydrogen-bond acceptors (Lipinski definition) is 3. The van der Waals surface area contributed by atoms with Gasteiger partial charge in [-0.15, -0.1) is 0 Å². The van der Waals surface area contributed by atoms with Crippen molar-refractivity contribution in [3.05, 3.63) is 68.5 Å². The summed E-state index contributed by atoms with van der Waals surface area (Å²) in [6, 6.07) is 14.0. The maximum Gasteiger partial charge on any atom is 0.296 e. The molecule has 1 heterocycles. The van der Waals surface area contributed by atoms with Gasteiger partial charge in [-0.25, -0.2) is 0 Å². The van der Waals surface area contributed by atoms with Crippen LogP contribution in [-0.4, -0.2) is 10.2 Å². The molecular weight excluding hydrogens is 390 g/mol. The summed E-state index contributed by atoms with van der Waals surface area (Å²) in [5.41, 5.74) is 4.09. The standard InChI is InChI=1S/C18H14BrNOS2/c1-11-7-12(2)9-15(8-11)20-17(22)16(23-18(20)21)10-13-3-5-14(19)6-4-13/h3-10H,1-2H3/b16-10-. The van der Waals surface area contributed by atoms with E-state index < -0.39 is 0 Å². The lowest BCUT2D eigenvalue weighted by atomic mass is 10.1. The number of rotatable bonds is 2. The zero-order chi connectivity index (χ0) is 16.6. The second-order valence-corrected chi connectivity index (χ2v) is 7.71. The van der Waals surface area contributed by atoms with Crippen LogP contribution in [0.15, 0.2) is 51.8 Å². The summed E-state index contributed by atoms with van der Waals surface area (Å²) in [5, 5.41) is -0.0524. The summed E-state index contributed by atoms with van der Waals surface area (Å²) in [7, 11) is 0. The van der Waals surface area contributed by atoms with Crippen molar-refractivity contribution in [1.82, 2.24) is 0 Å². The van der Waals surface area contributed by atoms with Crippen LogP contribution in [0, 0.1) is 13.8 Å². The van der Waals surface area contributed by atoms with Crippen molar-refractivity contribution < 1.29 is 4.79 Å². The summed E-state index contributed by atoms with van der Waals surface area (Å²) >= 11 is 10.1. The average Bonchev–Trinajstić information content (AvgIpc) is 2.75. The topological polar surface area (TPSA) is 20.3 Å². The molecule has 1 amide bonds. The highest BCUT2D eigenvalue weighted by Crippen LogP contribution is 2.37. The number of thioether (sulfide) groups is 1. The van der Waals surface area contributed by atoms with E-state index in [0.717, 1.165) is 31.8 Å². The number of aryl methyl sites for hydroxylation is 2. The number of anilines is 1. The Morgan fingerprint density at radius 3 is 2.30 bits per heavy atom.